The third-order valence-corrected chi connectivity index (χ3v) is 3.50. The summed E-state index contributed by atoms with van der Waals surface area (Å²) in [6.07, 6.45) is 0.252. The third-order valence-electron chi connectivity index (χ3n) is 3.50. The molecule has 3 heteroatoms. The number of ether oxygens (including phenoxy) is 1. The number of benzene rings is 1. The fourth-order valence-electron chi connectivity index (χ4n) is 2.26. The molecule has 0 heterocycles. The molecule has 0 aliphatic rings. The Morgan fingerprint density at radius 2 is 1.95 bits per heavy atom. The summed E-state index contributed by atoms with van der Waals surface area (Å²) in [5.74, 6) is 1.20. The zero-order valence-corrected chi connectivity index (χ0v) is 12.7. The van der Waals surface area contributed by atoms with Crippen LogP contribution in [0.3, 0.4) is 0 Å². The Hall–Kier alpha value is -1.06. The van der Waals surface area contributed by atoms with Gasteiger partial charge in [-0.2, -0.15) is 0 Å². The second-order valence-corrected chi connectivity index (χ2v) is 6.24. The van der Waals surface area contributed by atoms with Crippen LogP contribution in [0.1, 0.15) is 51.2 Å². The number of hydrogen-bond donors (Lipinski definition) is 2. The van der Waals surface area contributed by atoms with E-state index in [4.69, 9.17) is 10.5 Å². The molecule has 1 aromatic rings. The smallest absolute Gasteiger partial charge is 0.122 e. The summed E-state index contributed by atoms with van der Waals surface area (Å²) in [5.41, 5.74) is 7.92. The number of nitrogens with two attached hydrogens (primary N) is 1. The van der Waals surface area contributed by atoms with Crippen LogP contribution in [0.15, 0.2) is 18.2 Å². The van der Waals surface area contributed by atoms with Crippen molar-refractivity contribution >= 4 is 0 Å². The van der Waals surface area contributed by atoms with Gasteiger partial charge >= 0.3 is 0 Å². The van der Waals surface area contributed by atoms with Crippen molar-refractivity contribution in [3.05, 3.63) is 29.3 Å². The average Bonchev–Trinajstić information content (AvgIpc) is 2.36. The summed E-state index contributed by atoms with van der Waals surface area (Å²) >= 11 is 0. The van der Waals surface area contributed by atoms with Gasteiger partial charge in [0.2, 0.25) is 0 Å². The Kier molecular flexibility index (Phi) is 5.39. The van der Waals surface area contributed by atoms with E-state index in [1.165, 1.54) is 11.1 Å². The van der Waals surface area contributed by atoms with Crippen LogP contribution in [0.2, 0.25) is 0 Å². The Bertz CT molecular complexity index is 410. The van der Waals surface area contributed by atoms with Gasteiger partial charge in [-0.05, 0) is 34.9 Å². The van der Waals surface area contributed by atoms with Crippen LogP contribution in [-0.4, -0.2) is 24.9 Å². The first kappa shape index (κ1) is 16.0. The molecule has 0 aromatic heterocycles. The number of aliphatic hydroxyl groups is 1. The summed E-state index contributed by atoms with van der Waals surface area (Å²) in [6, 6.07) is 6.27. The number of hydrogen-bond acceptors (Lipinski definition) is 3. The van der Waals surface area contributed by atoms with Crippen molar-refractivity contribution in [3.63, 3.8) is 0 Å². The first-order valence-electron chi connectivity index (χ1n) is 6.86. The number of methoxy groups -OCH3 is 1. The first-order chi connectivity index (χ1) is 8.79. The Labute approximate surface area is 116 Å². The summed E-state index contributed by atoms with van der Waals surface area (Å²) in [6.45, 7) is 8.95. The number of rotatable bonds is 5. The highest BCUT2D eigenvalue weighted by Gasteiger charge is 2.21. The standard InChI is InChI=1S/C16H27NO2/c1-11(8-13(18)10-17)12-6-7-15(19-5)14(9-12)16(2,3)4/h6-7,9,11,13,18H,8,10,17H2,1-5H3. The van der Waals surface area contributed by atoms with Gasteiger partial charge in [0.05, 0.1) is 13.2 Å². The molecule has 0 saturated carbocycles. The Morgan fingerprint density at radius 3 is 2.42 bits per heavy atom. The molecule has 108 valence electrons. The lowest BCUT2D eigenvalue weighted by Gasteiger charge is -2.24. The molecule has 0 fully saturated rings. The van der Waals surface area contributed by atoms with E-state index in [0.29, 0.717) is 13.0 Å². The summed E-state index contributed by atoms with van der Waals surface area (Å²) in [7, 11) is 1.70. The van der Waals surface area contributed by atoms with Crippen molar-refractivity contribution in [2.24, 2.45) is 5.73 Å². The topological polar surface area (TPSA) is 55.5 Å². The highest BCUT2D eigenvalue weighted by Crippen LogP contribution is 2.34. The van der Waals surface area contributed by atoms with Crippen LogP contribution in [0.5, 0.6) is 5.75 Å². The van der Waals surface area contributed by atoms with Gasteiger partial charge in [-0.1, -0.05) is 39.8 Å². The zero-order chi connectivity index (χ0) is 14.6. The van der Waals surface area contributed by atoms with Gasteiger partial charge in [0.1, 0.15) is 5.75 Å². The van der Waals surface area contributed by atoms with Crippen molar-refractivity contribution in [1.82, 2.24) is 0 Å². The van der Waals surface area contributed by atoms with Gasteiger partial charge in [-0.15, -0.1) is 0 Å². The highest BCUT2D eigenvalue weighted by molar-refractivity contribution is 5.42. The largest absolute Gasteiger partial charge is 0.496 e. The molecule has 0 aliphatic carbocycles. The lowest BCUT2D eigenvalue weighted by atomic mass is 9.83. The Morgan fingerprint density at radius 1 is 1.32 bits per heavy atom. The van der Waals surface area contributed by atoms with Gasteiger partial charge in [-0.25, -0.2) is 0 Å². The molecule has 2 atom stereocenters. The minimum absolute atomic E-state index is 0.0353. The molecule has 1 rings (SSSR count). The lowest BCUT2D eigenvalue weighted by Crippen LogP contribution is -2.21. The summed E-state index contributed by atoms with van der Waals surface area (Å²) in [5, 5.41) is 9.67. The van der Waals surface area contributed by atoms with E-state index in [-0.39, 0.29) is 11.3 Å². The van der Waals surface area contributed by atoms with Crippen molar-refractivity contribution in [1.29, 1.82) is 0 Å². The van der Waals surface area contributed by atoms with Gasteiger partial charge in [-0.3, -0.25) is 0 Å². The Balaban J connectivity index is 3.04. The summed E-state index contributed by atoms with van der Waals surface area (Å²) < 4.78 is 5.44. The van der Waals surface area contributed by atoms with Gasteiger partial charge in [0, 0.05) is 6.54 Å². The van der Waals surface area contributed by atoms with Gasteiger partial charge in [0.15, 0.2) is 0 Å². The van der Waals surface area contributed by atoms with E-state index in [0.717, 1.165) is 5.75 Å². The molecule has 3 nitrogen and oxygen atoms in total. The van der Waals surface area contributed by atoms with Crippen LogP contribution in [-0.2, 0) is 5.41 Å². The maximum atomic E-state index is 9.67. The van der Waals surface area contributed by atoms with Crippen molar-refractivity contribution in [2.75, 3.05) is 13.7 Å². The molecule has 0 amide bonds. The van der Waals surface area contributed by atoms with Gasteiger partial charge in [0.25, 0.3) is 0 Å². The molecule has 1 aromatic carbocycles. The van der Waals surface area contributed by atoms with Crippen LogP contribution in [0.4, 0.5) is 0 Å². The predicted octanol–water partition coefficient (Wildman–Crippen LogP) is 2.81. The monoisotopic (exact) mass is 265 g/mol. The normalized spacial score (nSPS) is 15.1. The van der Waals surface area contributed by atoms with Crippen molar-refractivity contribution in [2.45, 2.75) is 51.6 Å². The first-order valence-corrected chi connectivity index (χ1v) is 6.86. The van der Waals surface area contributed by atoms with E-state index >= 15 is 0 Å². The highest BCUT2D eigenvalue weighted by atomic mass is 16.5. The van der Waals surface area contributed by atoms with E-state index in [2.05, 4.69) is 39.8 Å². The van der Waals surface area contributed by atoms with Crippen LogP contribution in [0, 0.1) is 0 Å². The molecule has 2 unspecified atom stereocenters. The van der Waals surface area contributed by atoms with Gasteiger partial charge < -0.3 is 15.6 Å². The molecular weight excluding hydrogens is 238 g/mol. The molecule has 0 spiro atoms. The molecule has 0 bridgehead atoms. The number of aliphatic hydroxyl groups excluding tert-OH is 1. The zero-order valence-electron chi connectivity index (χ0n) is 12.7. The van der Waals surface area contributed by atoms with Crippen molar-refractivity contribution in [3.8, 4) is 5.75 Å². The molecule has 19 heavy (non-hydrogen) atoms. The van der Waals surface area contributed by atoms with E-state index in [1.54, 1.807) is 7.11 Å². The lowest BCUT2D eigenvalue weighted by molar-refractivity contribution is 0.165. The maximum Gasteiger partial charge on any atom is 0.122 e. The van der Waals surface area contributed by atoms with E-state index in [1.807, 2.05) is 6.07 Å². The predicted molar refractivity (Wildman–Crippen MR) is 79.8 cm³/mol. The van der Waals surface area contributed by atoms with Crippen LogP contribution < -0.4 is 10.5 Å². The van der Waals surface area contributed by atoms with E-state index < -0.39 is 6.10 Å². The minimum atomic E-state index is -0.435. The molecule has 0 aliphatic heterocycles. The van der Waals surface area contributed by atoms with Crippen LogP contribution >= 0.6 is 0 Å². The second kappa shape index (κ2) is 6.40. The van der Waals surface area contributed by atoms with Crippen LogP contribution in [0.25, 0.3) is 0 Å². The van der Waals surface area contributed by atoms with Crippen molar-refractivity contribution < 1.29 is 9.84 Å². The quantitative estimate of drug-likeness (QED) is 0.860. The maximum absolute atomic E-state index is 9.67. The van der Waals surface area contributed by atoms with E-state index in [9.17, 15) is 5.11 Å². The summed E-state index contributed by atoms with van der Waals surface area (Å²) in [4.78, 5) is 0. The average molecular weight is 265 g/mol. The second-order valence-electron chi connectivity index (χ2n) is 6.24. The third kappa shape index (κ3) is 4.22. The minimum Gasteiger partial charge on any atom is -0.496 e. The molecule has 0 radical (unpaired) electrons. The fraction of sp³-hybridized carbons (Fsp3) is 0.625. The fourth-order valence-corrected chi connectivity index (χ4v) is 2.26. The molecule has 0 saturated heterocycles. The SMILES string of the molecule is COc1ccc(C(C)CC(O)CN)cc1C(C)(C)C. The molecule has 3 N–H and O–H groups in total. The molecular formula is C16H27NO2.